The van der Waals surface area contributed by atoms with Gasteiger partial charge in [-0.2, -0.15) is 0 Å². The fourth-order valence-electron chi connectivity index (χ4n) is 3.49. The van der Waals surface area contributed by atoms with Crippen LogP contribution in [0.5, 0.6) is 17.2 Å². The van der Waals surface area contributed by atoms with Gasteiger partial charge >= 0.3 is 0 Å². The minimum atomic E-state index is -0.755. The number of carbonyl (C=O) groups is 1. The van der Waals surface area contributed by atoms with E-state index in [-0.39, 0.29) is 11.7 Å². The predicted molar refractivity (Wildman–Crippen MR) is 112 cm³/mol. The molecule has 3 aromatic carbocycles. The average molecular weight is 428 g/mol. The van der Waals surface area contributed by atoms with Crippen LogP contribution in [0.2, 0.25) is 5.02 Å². The van der Waals surface area contributed by atoms with Gasteiger partial charge < -0.3 is 14.2 Å². The molecule has 1 aliphatic rings. The summed E-state index contributed by atoms with van der Waals surface area (Å²) in [5, 5.41) is 0.576. The first-order valence-electron chi connectivity index (χ1n) is 9.24. The maximum atomic E-state index is 13.4. The van der Waals surface area contributed by atoms with E-state index in [4.69, 9.17) is 25.8 Å². The van der Waals surface area contributed by atoms with Gasteiger partial charge in [-0.1, -0.05) is 17.7 Å². The highest BCUT2D eigenvalue weighted by molar-refractivity contribution is 6.30. The SMILES string of the molecule is COc1ccc([C@@H]2[C@@H](Oc3ccc(Cl)cc3)C(=O)N2c2ccc(F)cc2)cc1OC. The number of benzene rings is 3. The smallest absolute Gasteiger partial charge is 0.271 e. The van der Waals surface area contributed by atoms with E-state index in [2.05, 4.69) is 0 Å². The Morgan fingerprint density at radius 1 is 0.900 bits per heavy atom. The molecule has 1 fully saturated rings. The van der Waals surface area contributed by atoms with Crippen molar-refractivity contribution in [2.24, 2.45) is 0 Å². The molecule has 1 heterocycles. The molecule has 0 bridgehead atoms. The lowest BCUT2D eigenvalue weighted by Gasteiger charge is -2.46. The van der Waals surface area contributed by atoms with Crippen molar-refractivity contribution >= 4 is 23.2 Å². The van der Waals surface area contributed by atoms with Crippen molar-refractivity contribution < 1.29 is 23.4 Å². The molecular weight excluding hydrogens is 409 g/mol. The summed E-state index contributed by atoms with van der Waals surface area (Å²) in [5.74, 6) is 1.05. The Hall–Kier alpha value is -3.25. The van der Waals surface area contributed by atoms with Gasteiger partial charge in [-0.05, 0) is 66.2 Å². The van der Waals surface area contributed by atoms with Gasteiger partial charge in [0.25, 0.3) is 5.91 Å². The fourth-order valence-corrected chi connectivity index (χ4v) is 3.61. The Labute approximate surface area is 178 Å². The number of hydrogen-bond acceptors (Lipinski definition) is 4. The molecule has 0 radical (unpaired) electrons. The Kier molecular flexibility index (Phi) is 5.50. The molecule has 4 rings (SSSR count). The van der Waals surface area contributed by atoms with Crippen molar-refractivity contribution in [3.63, 3.8) is 0 Å². The summed E-state index contributed by atoms with van der Waals surface area (Å²) in [6.45, 7) is 0. The normalized spacial score (nSPS) is 18.0. The minimum Gasteiger partial charge on any atom is -0.493 e. The van der Waals surface area contributed by atoms with E-state index in [1.54, 1.807) is 61.6 Å². The molecule has 0 aromatic heterocycles. The third kappa shape index (κ3) is 3.66. The van der Waals surface area contributed by atoms with Crippen LogP contribution < -0.4 is 19.1 Å². The van der Waals surface area contributed by atoms with Gasteiger partial charge in [0.05, 0.1) is 14.2 Å². The Balaban J connectivity index is 1.71. The van der Waals surface area contributed by atoms with Crippen LogP contribution in [-0.2, 0) is 4.79 Å². The maximum Gasteiger partial charge on any atom is 0.271 e. The lowest BCUT2D eigenvalue weighted by molar-refractivity contribution is -0.135. The first-order valence-corrected chi connectivity index (χ1v) is 9.62. The molecule has 1 aliphatic heterocycles. The largest absolute Gasteiger partial charge is 0.493 e. The zero-order valence-corrected chi connectivity index (χ0v) is 17.1. The summed E-state index contributed by atoms with van der Waals surface area (Å²) < 4.78 is 30.1. The molecule has 0 saturated carbocycles. The minimum absolute atomic E-state index is 0.226. The third-order valence-corrected chi connectivity index (χ3v) is 5.23. The summed E-state index contributed by atoms with van der Waals surface area (Å²) >= 11 is 5.94. The second kappa shape index (κ2) is 8.24. The maximum absolute atomic E-state index is 13.4. The van der Waals surface area contributed by atoms with Gasteiger partial charge in [-0.25, -0.2) is 4.39 Å². The summed E-state index contributed by atoms with van der Waals surface area (Å²) in [7, 11) is 3.11. The Morgan fingerprint density at radius 2 is 1.57 bits per heavy atom. The van der Waals surface area contributed by atoms with Crippen LogP contribution in [0.15, 0.2) is 66.7 Å². The molecule has 0 spiro atoms. The van der Waals surface area contributed by atoms with Crippen LogP contribution in [0, 0.1) is 5.82 Å². The lowest BCUT2D eigenvalue weighted by Crippen LogP contribution is -2.61. The van der Waals surface area contributed by atoms with Gasteiger partial charge in [0.15, 0.2) is 11.5 Å². The number of rotatable bonds is 6. The average Bonchev–Trinajstić information content (AvgIpc) is 2.77. The number of ether oxygens (including phenoxy) is 3. The summed E-state index contributed by atoms with van der Waals surface area (Å²) in [6, 6.07) is 17.6. The van der Waals surface area contributed by atoms with Crippen LogP contribution in [0.1, 0.15) is 11.6 Å². The van der Waals surface area contributed by atoms with E-state index >= 15 is 0 Å². The van der Waals surface area contributed by atoms with E-state index in [0.29, 0.717) is 28.0 Å². The first kappa shape index (κ1) is 20.0. The van der Waals surface area contributed by atoms with Gasteiger partial charge in [0.1, 0.15) is 17.6 Å². The predicted octanol–water partition coefficient (Wildman–Crippen LogP) is 5.03. The molecule has 154 valence electrons. The van der Waals surface area contributed by atoms with E-state index in [9.17, 15) is 9.18 Å². The molecular formula is C23H19ClFNO4. The number of carbonyl (C=O) groups excluding carboxylic acids is 1. The van der Waals surface area contributed by atoms with Crippen LogP contribution in [-0.4, -0.2) is 26.2 Å². The number of anilines is 1. The fraction of sp³-hybridized carbons (Fsp3) is 0.174. The van der Waals surface area contributed by atoms with Crippen LogP contribution in [0.4, 0.5) is 10.1 Å². The number of amides is 1. The van der Waals surface area contributed by atoms with Crippen LogP contribution in [0.25, 0.3) is 0 Å². The topological polar surface area (TPSA) is 48.0 Å². The van der Waals surface area contributed by atoms with Crippen molar-refractivity contribution in [2.75, 3.05) is 19.1 Å². The second-order valence-corrected chi connectivity index (χ2v) is 7.17. The van der Waals surface area contributed by atoms with Gasteiger partial charge in [0.2, 0.25) is 6.10 Å². The summed E-state index contributed by atoms with van der Waals surface area (Å²) in [6.07, 6.45) is -0.755. The molecule has 2 atom stereocenters. The van der Waals surface area contributed by atoms with Crippen LogP contribution >= 0.6 is 11.6 Å². The molecule has 30 heavy (non-hydrogen) atoms. The molecule has 1 amide bonds. The molecule has 5 nitrogen and oxygen atoms in total. The second-order valence-electron chi connectivity index (χ2n) is 6.74. The monoisotopic (exact) mass is 427 g/mol. The van der Waals surface area contributed by atoms with Gasteiger partial charge in [-0.3, -0.25) is 9.69 Å². The van der Waals surface area contributed by atoms with Crippen LogP contribution in [0.3, 0.4) is 0 Å². The highest BCUT2D eigenvalue weighted by Gasteiger charge is 2.51. The van der Waals surface area contributed by atoms with E-state index in [1.807, 2.05) is 12.1 Å². The highest BCUT2D eigenvalue weighted by Crippen LogP contribution is 2.43. The Morgan fingerprint density at radius 3 is 2.20 bits per heavy atom. The van der Waals surface area contributed by atoms with E-state index in [0.717, 1.165) is 5.56 Å². The number of halogens is 2. The molecule has 0 N–H and O–H groups in total. The van der Waals surface area contributed by atoms with Gasteiger partial charge in [0, 0.05) is 10.7 Å². The Bertz CT molecular complexity index is 1060. The summed E-state index contributed by atoms with van der Waals surface area (Å²) in [5.41, 5.74) is 1.38. The number of hydrogen-bond donors (Lipinski definition) is 0. The van der Waals surface area contributed by atoms with E-state index in [1.165, 1.54) is 12.1 Å². The summed E-state index contributed by atoms with van der Waals surface area (Å²) in [4.78, 5) is 14.6. The first-order chi connectivity index (χ1) is 14.5. The number of methoxy groups -OCH3 is 2. The third-order valence-electron chi connectivity index (χ3n) is 4.98. The van der Waals surface area contributed by atoms with Crippen molar-refractivity contribution in [2.45, 2.75) is 12.1 Å². The van der Waals surface area contributed by atoms with E-state index < -0.39 is 12.1 Å². The highest BCUT2D eigenvalue weighted by atomic mass is 35.5. The quantitative estimate of drug-likeness (QED) is 0.517. The zero-order valence-electron chi connectivity index (χ0n) is 16.3. The number of β-lactam (4-membered cyclic amide) rings is 1. The number of nitrogens with zero attached hydrogens (tertiary/aromatic N) is 1. The molecule has 1 saturated heterocycles. The molecule has 0 aliphatic carbocycles. The molecule has 3 aromatic rings. The molecule has 0 unspecified atom stereocenters. The lowest BCUT2D eigenvalue weighted by atomic mass is 9.89. The van der Waals surface area contributed by atoms with Gasteiger partial charge in [-0.15, -0.1) is 0 Å². The van der Waals surface area contributed by atoms with Crippen molar-refractivity contribution in [3.05, 3.63) is 83.1 Å². The standard InChI is InChI=1S/C23H19ClFNO4/c1-28-19-12-3-14(13-20(19)29-2)21-22(30-18-10-4-15(24)5-11-18)23(27)26(21)17-8-6-16(25)7-9-17/h3-13,21-22H,1-2H3/t21-,22-/m1/s1. The molecule has 7 heteroatoms. The van der Waals surface area contributed by atoms with Crippen molar-refractivity contribution in [1.82, 2.24) is 0 Å². The van der Waals surface area contributed by atoms with Crippen molar-refractivity contribution in [3.8, 4) is 17.2 Å². The zero-order chi connectivity index (χ0) is 21.3. The van der Waals surface area contributed by atoms with Crippen molar-refractivity contribution in [1.29, 1.82) is 0 Å².